The molecule has 0 atom stereocenters. The zero-order valence-electron chi connectivity index (χ0n) is 7.11. The lowest BCUT2D eigenvalue weighted by Gasteiger charge is -2.00. The molecular weight excluding hydrogens is 230 g/mol. The molecule has 2 aromatic heterocycles. The Hall–Kier alpha value is -1.16. The van der Waals surface area contributed by atoms with Crippen molar-refractivity contribution in [2.45, 2.75) is 0 Å². The third-order valence-corrected chi connectivity index (χ3v) is 2.59. The van der Waals surface area contributed by atoms with Gasteiger partial charge in [0.15, 0.2) is 0 Å². The molecular formula is C9H8BrN3. The van der Waals surface area contributed by atoms with Crippen LogP contribution in [0.3, 0.4) is 0 Å². The second-order valence-electron chi connectivity index (χ2n) is 2.71. The summed E-state index contributed by atoms with van der Waals surface area (Å²) < 4.78 is 2.93. The summed E-state index contributed by atoms with van der Waals surface area (Å²) in [4.78, 5) is 8.30. The first-order valence-electron chi connectivity index (χ1n) is 3.86. The lowest BCUT2D eigenvalue weighted by atomic mass is 10.3. The molecule has 0 fully saturated rings. The average molecular weight is 238 g/mol. The molecule has 0 saturated heterocycles. The minimum absolute atomic E-state index is 0.917. The molecule has 0 aromatic carbocycles. The van der Waals surface area contributed by atoms with Crippen LogP contribution in [-0.2, 0) is 7.05 Å². The van der Waals surface area contributed by atoms with Gasteiger partial charge < -0.3 is 4.57 Å². The highest BCUT2D eigenvalue weighted by atomic mass is 79.9. The van der Waals surface area contributed by atoms with E-state index in [1.165, 1.54) is 0 Å². The van der Waals surface area contributed by atoms with Gasteiger partial charge in [-0.05, 0) is 28.1 Å². The number of halogens is 1. The van der Waals surface area contributed by atoms with Crippen LogP contribution in [0.1, 0.15) is 0 Å². The highest BCUT2D eigenvalue weighted by Gasteiger charge is 2.05. The van der Waals surface area contributed by atoms with Crippen LogP contribution in [0.5, 0.6) is 0 Å². The first-order chi connectivity index (χ1) is 6.29. The molecule has 0 amide bonds. The van der Waals surface area contributed by atoms with Crippen molar-refractivity contribution in [3.05, 3.63) is 35.3 Å². The molecule has 0 aliphatic carbocycles. The molecule has 4 heteroatoms. The van der Waals surface area contributed by atoms with Gasteiger partial charge in [-0.25, -0.2) is 4.98 Å². The van der Waals surface area contributed by atoms with Gasteiger partial charge in [-0.1, -0.05) is 0 Å². The fourth-order valence-electron chi connectivity index (χ4n) is 1.15. The van der Waals surface area contributed by atoms with Gasteiger partial charge in [-0.2, -0.15) is 0 Å². The fourth-order valence-corrected chi connectivity index (χ4v) is 1.42. The summed E-state index contributed by atoms with van der Waals surface area (Å²) in [5.74, 6) is 0.917. The number of nitrogens with zero attached hydrogens (tertiary/aromatic N) is 3. The van der Waals surface area contributed by atoms with Crippen LogP contribution in [0, 0.1) is 0 Å². The number of rotatable bonds is 1. The molecule has 2 aromatic rings. The molecule has 2 rings (SSSR count). The van der Waals surface area contributed by atoms with Gasteiger partial charge in [0.25, 0.3) is 0 Å². The van der Waals surface area contributed by atoms with Crippen molar-refractivity contribution >= 4 is 15.9 Å². The van der Waals surface area contributed by atoms with Gasteiger partial charge in [-0.15, -0.1) is 0 Å². The molecule has 0 bridgehead atoms. The van der Waals surface area contributed by atoms with Crippen molar-refractivity contribution in [2.75, 3.05) is 0 Å². The topological polar surface area (TPSA) is 30.7 Å². The molecule has 66 valence electrons. The van der Waals surface area contributed by atoms with Crippen molar-refractivity contribution in [1.82, 2.24) is 14.5 Å². The lowest BCUT2D eigenvalue weighted by Crippen LogP contribution is -1.92. The predicted octanol–water partition coefficient (Wildman–Crippen LogP) is 2.24. The lowest BCUT2D eigenvalue weighted by molar-refractivity contribution is 0.900. The summed E-state index contributed by atoms with van der Waals surface area (Å²) in [7, 11) is 1.96. The van der Waals surface area contributed by atoms with Crippen LogP contribution in [0.15, 0.2) is 35.3 Å². The molecule has 0 saturated carbocycles. The summed E-state index contributed by atoms with van der Waals surface area (Å²) in [6, 6.07) is 3.89. The highest BCUT2D eigenvalue weighted by Crippen LogP contribution is 2.19. The van der Waals surface area contributed by atoms with E-state index in [-0.39, 0.29) is 0 Å². The van der Waals surface area contributed by atoms with Gasteiger partial charge in [0.2, 0.25) is 0 Å². The Labute approximate surface area is 84.6 Å². The largest absolute Gasteiger partial charge is 0.322 e. The third-order valence-electron chi connectivity index (χ3n) is 1.85. The van der Waals surface area contributed by atoms with Crippen LogP contribution in [0.4, 0.5) is 0 Å². The Morgan fingerprint density at radius 3 is 2.77 bits per heavy atom. The van der Waals surface area contributed by atoms with E-state index in [4.69, 9.17) is 0 Å². The van der Waals surface area contributed by atoms with E-state index >= 15 is 0 Å². The highest BCUT2D eigenvalue weighted by molar-refractivity contribution is 9.10. The minimum Gasteiger partial charge on any atom is -0.322 e. The molecule has 0 radical (unpaired) electrons. The quantitative estimate of drug-likeness (QED) is 0.762. The van der Waals surface area contributed by atoms with Gasteiger partial charge in [0.1, 0.15) is 10.4 Å². The molecule has 0 spiro atoms. The summed E-state index contributed by atoms with van der Waals surface area (Å²) in [6.45, 7) is 0. The first-order valence-corrected chi connectivity index (χ1v) is 4.66. The van der Waals surface area contributed by atoms with Crippen LogP contribution in [-0.4, -0.2) is 14.5 Å². The van der Waals surface area contributed by atoms with Crippen LogP contribution in [0.25, 0.3) is 11.4 Å². The first kappa shape index (κ1) is 8.44. The maximum atomic E-state index is 4.26. The second kappa shape index (κ2) is 3.30. The number of pyridine rings is 1. The summed E-state index contributed by atoms with van der Waals surface area (Å²) >= 11 is 3.39. The molecule has 3 nitrogen and oxygen atoms in total. The minimum atomic E-state index is 0.917. The molecule has 2 heterocycles. The Balaban J connectivity index is 2.53. The normalized spacial score (nSPS) is 10.3. The average Bonchev–Trinajstić information content (AvgIpc) is 2.49. The number of aromatic nitrogens is 3. The van der Waals surface area contributed by atoms with Crippen molar-refractivity contribution in [3.63, 3.8) is 0 Å². The maximum absolute atomic E-state index is 4.26. The molecule has 13 heavy (non-hydrogen) atoms. The van der Waals surface area contributed by atoms with E-state index in [2.05, 4.69) is 25.9 Å². The van der Waals surface area contributed by atoms with Crippen molar-refractivity contribution in [2.24, 2.45) is 7.05 Å². The fraction of sp³-hybridized carbons (Fsp3) is 0.111. The smallest absolute Gasteiger partial charge is 0.142 e. The van der Waals surface area contributed by atoms with Crippen LogP contribution in [0.2, 0.25) is 0 Å². The van der Waals surface area contributed by atoms with Gasteiger partial charge in [0.05, 0.1) is 6.20 Å². The Morgan fingerprint density at radius 1 is 1.38 bits per heavy atom. The molecule has 0 N–H and O–H groups in total. The van der Waals surface area contributed by atoms with E-state index in [0.29, 0.717) is 0 Å². The van der Waals surface area contributed by atoms with Crippen molar-refractivity contribution < 1.29 is 0 Å². The van der Waals surface area contributed by atoms with Crippen molar-refractivity contribution in [1.29, 1.82) is 0 Å². The number of hydrogen-bond acceptors (Lipinski definition) is 2. The summed E-state index contributed by atoms with van der Waals surface area (Å²) in [5.41, 5.74) is 1.02. The Bertz CT molecular complexity index is 408. The summed E-state index contributed by atoms with van der Waals surface area (Å²) in [5, 5.41) is 0. The van der Waals surface area contributed by atoms with E-state index in [1.54, 1.807) is 18.6 Å². The van der Waals surface area contributed by atoms with Gasteiger partial charge >= 0.3 is 0 Å². The molecule has 0 aliphatic rings. The SMILES string of the molecule is Cn1c(Br)cnc1-c1cccnc1. The summed E-state index contributed by atoms with van der Waals surface area (Å²) in [6.07, 6.45) is 5.33. The Morgan fingerprint density at radius 2 is 2.23 bits per heavy atom. The van der Waals surface area contributed by atoms with Gasteiger partial charge in [-0.3, -0.25) is 4.98 Å². The monoisotopic (exact) mass is 237 g/mol. The van der Waals surface area contributed by atoms with Crippen LogP contribution >= 0.6 is 15.9 Å². The van der Waals surface area contributed by atoms with E-state index < -0.39 is 0 Å². The zero-order chi connectivity index (χ0) is 9.26. The number of hydrogen-bond donors (Lipinski definition) is 0. The van der Waals surface area contributed by atoms with Gasteiger partial charge in [0, 0.05) is 25.0 Å². The van der Waals surface area contributed by atoms with E-state index in [9.17, 15) is 0 Å². The molecule has 0 unspecified atom stereocenters. The second-order valence-corrected chi connectivity index (χ2v) is 3.52. The van der Waals surface area contributed by atoms with Crippen LogP contribution < -0.4 is 0 Å². The third kappa shape index (κ3) is 1.49. The number of imidazole rings is 1. The molecule has 0 aliphatic heterocycles. The van der Waals surface area contributed by atoms with E-state index in [0.717, 1.165) is 16.0 Å². The maximum Gasteiger partial charge on any atom is 0.142 e. The Kier molecular flexibility index (Phi) is 2.14. The predicted molar refractivity (Wildman–Crippen MR) is 54.1 cm³/mol. The van der Waals surface area contributed by atoms with Crippen molar-refractivity contribution in [3.8, 4) is 11.4 Å². The van der Waals surface area contributed by atoms with E-state index in [1.807, 2.05) is 23.7 Å². The zero-order valence-corrected chi connectivity index (χ0v) is 8.69. The standard InChI is InChI=1S/C9H8BrN3/c1-13-8(10)6-12-9(13)7-3-2-4-11-5-7/h2-6H,1H3.